The summed E-state index contributed by atoms with van der Waals surface area (Å²) in [6.45, 7) is 8.75. The molecule has 1 aliphatic rings. The van der Waals surface area contributed by atoms with Gasteiger partial charge in [0.05, 0.1) is 5.02 Å². The number of unbranched alkanes of at least 4 members (excludes halogenated alkanes) is 3. The van der Waals surface area contributed by atoms with Crippen molar-refractivity contribution in [3.05, 3.63) is 52.0 Å². The number of aromatic hydroxyl groups is 2. The fourth-order valence-electron chi connectivity index (χ4n) is 4.95. The molecule has 0 radical (unpaired) electrons. The van der Waals surface area contributed by atoms with Crippen LogP contribution in [0.1, 0.15) is 62.1 Å². The zero-order chi connectivity index (χ0) is 24.3. The minimum Gasteiger partial charge on any atom is -0.504 e. The molecule has 3 rings (SSSR count). The Bertz CT molecular complexity index is 888. The lowest BCUT2D eigenvalue weighted by atomic mass is 9.86. The summed E-state index contributed by atoms with van der Waals surface area (Å²) in [5, 5.41) is 24.4. The Labute approximate surface area is 215 Å². The molecular weight excluding hydrogens is 464 g/mol. The van der Waals surface area contributed by atoms with Crippen LogP contribution in [-0.2, 0) is 12.8 Å². The molecule has 0 saturated carbocycles. The Morgan fingerprint density at radius 2 is 1.88 bits per heavy atom. The van der Waals surface area contributed by atoms with E-state index in [1.54, 1.807) is 6.07 Å². The first-order valence-corrected chi connectivity index (χ1v) is 14.2. The van der Waals surface area contributed by atoms with Crippen molar-refractivity contribution in [2.24, 2.45) is 0 Å². The van der Waals surface area contributed by atoms with E-state index in [0.29, 0.717) is 6.04 Å². The second-order valence-corrected chi connectivity index (χ2v) is 10.9. The highest BCUT2D eigenvalue weighted by Crippen LogP contribution is 2.37. The van der Waals surface area contributed by atoms with Crippen molar-refractivity contribution in [3.63, 3.8) is 0 Å². The fraction of sp³-hybridized carbons (Fsp3) is 0.571. The molecule has 0 amide bonds. The largest absolute Gasteiger partial charge is 0.504 e. The number of nitrogens with zero attached hydrogens (tertiary/aromatic N) is 1. The number of aryl methyl sites for hydroxylation is 1. The lowest BCUT2D eigenvalue weighted by Gasteiger charge is -2.35. The van der Waals surface area contributed by atoms with Crippen LogP contribution >= 0.6 is 23.4 Å². The van der Waals surface area contributed by atoms with Gasteiger partial charge in [-0.1, -0.05) is 49.6 Å². The molecule has 1 atom stereocenters. The van der Waals surface area contributed by atoms with Crippen LogP contribution in [0.5, 0.6) is 11.5 Å². The minimum atomic E-state index is 0.00606. The second kappa shape index (κ2) is 14.2. The molecule has 188 valence electrons. The highest BCUT2D eigenvalue weighted by atomic mass is 35.5. The maximum absolute atomic E-state index is 10.2. The normalized spacial score (nSPS) is 15.6. The number of halogens is 1. The van der Waals surface area contributed by atoms with Crippen molar-refractivity contribution in [2.45, 2.75) is 76.2 Å². The Hall–Kier alpha value is -1.40. The molecule has 2 aromatic rings. The molecule has 34 heavy (non-hydrogen) atoms. The van der Waals surface area contributed by atoms with E-state index in [4.69, 9.17) is 11.6 Å². The molecular formula is C28H41ClN2O2S. The van der Waals surface area contributed by atoms with Crippen molar-refractivity contribution in [1.29, 1.82) is 0 Å². The van der Waals surface area contributed by atoms with Crippen molar-refractivity contribution >= 4 is 23.4 Å². The van der Waals surface area contributed by atoms with Gasteiger partial charge in [-0.3, -0.25) is 0 Å². The summed E-state index contributed by atoms with van der Waals surface area (Å²) in [4.78, 5) is 3.86. The third-order valence-electron chi connectivity index (χ3n) is 6.81. The number of benzene rings is 2. The Kier molecular flexibility index (Phi) is 11.4. The van der Waals surface area contributed by atoms with Gasteiger partial charge in [0, 0.05) is 28.8 Å². The Morgan fingerprint density at radius 3 is 2.68 bits per heavy atom. The number of phenols is 2. The molecule has 0 spiro atoms. The van der Waals surface area contributed by atoms with Crippen LogP contribution < -0.4 is 5.32 Å². The standard InChI is InChI=1S/C28H41ClN2O2S/c1-3-17-31(23-12-13-24-22(20-23)11-14-26(32)27(24)33)18-7-5-4-6-15-30-16-19-34-28-21(2)9-8-10-25(28)29/h8-11,14,23,30,32-33H,3-7,12-13,15-20H2,1-2H3. The van der Waals surface area contributed by atoms with Crippen LogP contribution in [0.4, 0.5) is 0 Å². The molecule has 1 unspecified atom stereocenters. The fourth-order valence-corrected chi connectivity index (χ4v) is 6.28. The maximum atomic E-state index is 10.2. The molecule has 6 heteroatoms. The summed E-state index contributed by atoms with van der Waals surface area (Å²) in [6.07, 6.45) is 9.05. The second-order valence-electron chi connectivity index (χ2n) is 9.40. The van der Waals surface area contributed by atoms with Gasteiger partial charge in [0.15, 0.2) is 11.5 Å². The van der Waals surface area contributed by atoms with Crippen LogP contribution in [0.3, 0.4) is 0 Å². The summed E-state index contributed by atoms with van der Waals surface area (Å²) < 4.78 is 0. The number of nitrogens with one attached hydrogen (secondary N) is 1. The highest BCUT2D eigenvalue weighted by molar-refractivity contribution is 7.99. The van der Waals surface area contributed by atoms with E-state index in [9.17, 15) is 10.2 Å². The maximum Gasteiger partial charge on any atom is 0.160 e. The van der Waals surface area contributed by atoms with Gasteiger partial charge in [-0.2, -0.15) is 0 Å². The van der Waals surface area contributed by atoms with Gasteiger partial charge in [0.2, 0.25) is 0 Å². The molecule has 0 aliphatic heterocycles. The van der Waals surface area contributed by atoms with Gasteiger partial charge in [-0.15, -0.1) is 11.8 Å². The number of phenolic OH excluding ortho intramolecular Hbond substituents is 2. The number of rotatable bonds is 14. The van der Waals surface area contributed by atoms with E-state index in [1.807, 2.05) is 30.0 Å². The monoisotopic (exact) mass is 504 g/mol. The van der Waals surface area contributed by atoms with E-state index >= 15 is 0 Å². The SMILES string of the molecule is CCCN(CCCCCCNCCSc1c(C)cccc1Cl)C1CCc2c(ccc(O)c2O)C1. The van der Waals surface area contributed by atoms with Gasteiger partial charge in [-0.05, 0) is 88.3 Å². The van der Waals surface area contributed by atoms with Gasteiger partial charge in [-0.25, -0.2) is 0 Å². The van der Waals surface area contributed by atoms with Gasteiger partial charge in [0.1, 0.15) is 0 Å². The van der Waals surface area contributed by atoms with E-state index in [2.05, 4.69) is 30.1 Å². The Morgan fingerprint density at radius 1 is 1.06 bits per heavy atom. The van der Waals surface area contributed by atoms with E-state index < -0.39 is 0 Å². The zero-order valence-corrected chi connectivity index (χ0v) is 22.4. The summed E-state index contributed by atoms with van der Waals surface area (Å²) in [7, 11) is 0. The van der Waals surface area contributed by atoms with Crippen molar-refractivity contribution in [2.75, 3.05) is 31.9 Å². The zero-order valence-electron chi connectivity index (χ0n) is 20.8. The average Bonchev–Trinajstić information content (AvgIpc) is 2.83. The summed E-state index contributed by atoms with van der Waals surface area (Å²) in [5.74, 6) is 1.13. The minimum absolute atomic E-state index is 0.00606. The lowest BCUT2D eigenvalue weighted by Crippen LogP contribution is -2.40. The van der Waals surface area contributed by atoms with Crippen LogP contribution in [-0.4, -0.2) is 53.1 Å². The van der Waals surface area contributed by atoms with Crippen LogP contribution in [0, 0.1) is 6.92 Å². The molecule has 1 aliphatic carbocycles. The first kappa shape index (κ1) is 27.2. The van der Waals surface area contributed by atoms with E-state index in [1.165, 1.54) is 48.1 Å². The number of hydrogen-bond acceptors (Lipinski definition) is 5. The smallest absolute Gasteiger partial charge is 0.160 e. The van der Waals surface area contributed by atoms with E-state index in [-0.39, 0.29) is 11.5 Å². The summed E-state index contributed by atoms with van der Waals surface area (Å²) in [5.41, 5.74) is 3.40. The lowest BCUT2D eigenvalue weighted by molar-refractivity contribution is 0.175. The van der Waals surface area contributed by atoms with Gasteiger partial charge in [0.25, 0.3) is 0 Å². The summed E-state index contributed by atoms with van der Waals surface area (Å²) in [6, 6.07) is 10.3. The molecule has 4 nitrogen and oxygen atoms in total. The van der Waals surface area contributed by atoms with Crippen LogP contribution in [0.15, 0.2) is 35.2 Å². The quantitative estimate of drug-likeness (QED) is 0.154. The number of fused-ring (bicyclic) bond motifs is 1. The Balaban J connectivity index is 1.28. The third-order valence-corrected chi connectivity index (χ3v) is 8.47. The number of hydrogen-bond donors (Lipinski definition) is 3. The third kappa shape index (κ3) is 7.81. The molecule has 0 aromatic heterocycles. The first-order chi connectivity index (χ1) is 16.5. The van der Waals surface area contributed by atoms with Gasteiger partial charge >= 0.3 is 0 Å². The molecule has 0 heterocycles. The van der Waals surface area contributed by atoms with Gasteiger partial charge < -0.3 is 20.4 Å². The van der Waals surface area contributed by atoms with Crippen molar-refractivity contribution in [1.82, 2.24) is 10.2 Å². The van der Waals surface area contributed by atoms with Crippen molar-refractivity contribution in [3.8, 4) is 11.5 Å². The van der Waals surface area contributed by atoms with Crippen LogP contribution in [0.25, 0.3) is 0 Å². The molecule has 3 N–H and O–H groups in total. The first-order valence-electron chi connectivity index (χ1n) is 12.9. The highest BCUT2D eigenvalue weighted by Gasteiger charge is 2.26. The van der Waals surface area contributed by atoms with E-state index in [0.717, 1.165) is 61.8 Å². The van der Waals surface area contributed by atoms with Crippen LogP contribution in [0.2, 0.25) is 5.02 Å². The molecule has 2 aromatic carbocycles. The topological polar surface area (TPSA) is 55.7 Å². The molecule has 0 bridgehead atoms. The average molecular weight is 505 g/mol. The predicted octanol–water partition coefficient (Wildman–Crippen LogP) is 6.57. The summed E-state index contributed by atoms with van der Waals surface area (Å²) >= 11 is 8.14. The molecule has 0 fully saturated rings. The number of thioether (sulfide) groups is 1. The molecule has 0 saturated heterocycles. The van der Waals surface area contributed by atoms with Crippen molar-refractivity contribution < 1.29 is 10.2 Å². The predicted molar refractivity (Wildman–Crippen MR) is 146 cm³/mol.